The lowest BCUT2D eigenvalue weighted by Crippen LogP contribution is -2.34. The van der Waals surface area contributed by atoms with E-state index in [4.69, 9.17) is 15.9 Å². The van der Waals surface area contributed by atoms with E-state index in [0.717, 1.165) is 82.5 Å². The average molecular weight is 688 g/mol. The van der Waals surface area contributed by atoms with Crippen molar-refractivity contribution in [3.8, 4) is 0 Å². The molecule has 1 saturated carbocycles. The van der Waals surface area contributed by atoms with Crippen LogP contribution in [-0.4, -0.2) is 48.6 Å². The van der Waals surface area contributed by atoms with Gasteiger partial charge in [-0.25, -0.2) is 9.97 Å². The van der Waals surface area contributed by atoms with E-state index < -0.39 is 17.9 Å². The molecule has 1 unspecified atom stereocenters. The highest BCUT2D eigenvalue weighted by Gasteiger charge is 2.32. The zero-order chi connectivity index (χ0) is 36.4. The molecule has 9 nitrogen and oxygen atoms in total. The van der Waals surface area contributed by atoms with Crippen LogP contribution in [0.15, 0.2) is 72.8 Å². The molecule has 7 rings (SSSR count). The summed E-state index contributed by atoms with van der Waals surface area (Å²) in [5, 5.41) is 17.6. The van der Waals surface area contributed by atoms with Crippen LogP contribution in [0.2, 0.25) is 0 Å². The summed E-state index contributed by atoms with van der Waals surface area (Å²) < 4.78 is 0. The third kappa shape index (κ3) is 10.9. The maximum absolute atomic E-state index is 10.8. The van der Waals surface area contributed by atoms with Gasteiger partial charge in [0, 0.05) is 22.1 Å². The molecule has 6 N–H and O–H groups in total. The Bertz CT molecular complexity index is 1860. The van der Waals surface area contributed by atoms with Gasteiger partial charge in [0.15, 0.2) is 0 Å². The number of nitrogens with one attached hydrogen (secondary N) is 2. The normalized spacial score (nSPS) is 14.9. The van der Waals surface area contributed by atoms with Crippen LogP contribution in [0.25, 0.3) is 46.4 Å². The summed E-state index contributed by atoms with van der Waals surface area (Å²) in [6.45, 7) is 6.58. The lowest BCUT2D eigenvalue weighted by Gasteiger charge is -2.34. The number of H-pyrrole nitrogens is 2. The predicted octanol–water partition coefficient (Wildman–Crippen LogP) is 9.10. The van der Waals surface area contributed by atoms with Gasteiger partial charge in [-0.3, -0.25) is 9.59 Å². The molecule has 0 spiro atoms. The van der Waals surface area contributed by atoms with E-state index in [1.165, 1.54) is 12.0 Å². The van der Waals surface area contributed by atoms with Gasteiger partial charge in [0.05, 0.1) is 35.1 Å². The monoisotopic (exact) mass is 687 g/mol. The number of hydrogen-bond donors (Lipinski definition) is 5. The zero-order valence-corrected chi connectivity index (χ0v) is 29.7. The summed E-state index contributed by atoms with van der Waals surface area (Å²) in [5.74, 6) is -1.26. The highest BCUT2D eigenvalue weighted by Crippen LogP contribution is 2.38. The number of aromatic amines is 2. The number of carbonyl (C=O) groups is 2. The van der Waals surface area contributed by atoms with E-state index in [1.54, 1.807) is 6.92 Å². The number of aliphatic carboxylic acids is 2. The third-order valence-electron chi connectivity index (χ3n) is 9.41. The molecular formula is C42H49N5O4. The summed E-state index contributed by atoms with van der Waals surface area (Å²) in [5.41, 5.74) is 15.5. The minimum atomic E-state index is -0.772. The summed E-state index contributed by atoms with van der Waals surface area (Å²) in [6.07, 6.45) is 14.9. The Labute approximate surface area is 299 Å². The molecule has 0 saturated heterocycles. The number of nitrogens with two attached hydrogens (primary N) is 1. The molecule has 9 heteroatoms. The topological polar surface area (TPSA) is 158 Å². The fourth-order valence-corrected chi connectivity index (χ4v) is 6.58. The maximum atomic E-state index is 10.8. The summed E-state index contributed by atoms with van der Waals surface area (Å²) in [4.78, 5) is 37.4. The molecular weight excluding hydrogens is 638 g/mol. The Morgan fingerprint density at radius 3 is 1.49 bits per heavy atom. The number of fused-ring (bicyclic) bond motifs is 8. The van der Waals surface area contributed by atoms with Crippen molar-refractivity contribution in [2.45, 2.75) is 71.6 Å². The van der Waals surface area contributed by atoms with E-state index in [9.17, 15) is 9.59 Å². The van der Waals surface area contributed by atoms with Gasteiger partial charge < -0.3 is 25.9 Å². The fraction of sp³-hybridized carbons (Fsp3) is 0.333. The number of benzene rings is 1. The highest BCUT2D eigenvalue weighted by molar-refractivity contribution is 5.77. The van der Waals surface area contributed by atoms with E-state index in [0.29, 0.717) is 12.5 Å². The van der Waals surface area contributed by atoms with E-state index >= 15 is 0 Å². The molecule has 3 aromatic heterocycles. The Balaban J connectivity index is 0.000000161. The third-order valence-corrected chi connectivity index (χ3v) is 9.41. The van der Waals surface area contributed by atoms with E-state index in [2.05, 4.69) is 58.0 Å². The Morgan fingerprint density at radius 1 is 0.706 bits per heavy atom. The Hall–Kier alpha value is -5.28. The molecule has 1 aliphatic carbocycles. The van der Waals surface area contributed by atoms with Gasteiger partial charge in [0.1, 0.15) is 0 Å². The number of carboxylic acid groups (broad SMARTS) is 2. The summed E-state index contributed by atoms with van der Waals surface area (Å²) in [7, 11) is 0. The standard InChI is InChI=1S/C20H14N4.C13H18O2.C9H17NO2/c1-2-14-10-16-5-6-18(23-16)12-20-8-7-19(24-20)11-17-4-3-15(22-17)9-13(1)21-14;1-9(2)8-11-4-6-12(7-5-11)10(3)13(14)15;10-7-9(6-8(11)12)4-2-1-3-5-9/h1-12,21,24H;4-7,9-10H,8H2,1-3H3,(H,14,15);1-7,10H2,(H,11,12). The average Bonchev–Trinajstić information content (AvgIpc) is 3.92. The molecule has 1 aromatic carbocycles. The van der Waals surface area contributed by atoms with Crippen LogP contribution in [0.1, 0.15) is 99.1 Å². The Morgan fingerprint density at radius 2 is 1.14 bits per heavy atom. The number of aromatic nitrogens is 4. The highest BCUT2D eigenvalue weighted by atomic mass is 16.4. The Kier molecular flexibility index (Phi) is 12.4. The van der Waals surface area contributed by atoms with E-state index in [-0.39, 0.29) is 11.8 Å². The van der Waals surface area contributed by atoms with Crippen LogP contribution in [0.4, 0.5) is 0 Å². The van der Waals surface area contributed by atoms with Crippen molar-refractivity contribution in [1.82, 2.24) is 19.9 Å². The second kappa shape index (κ2) is 17.1. The van der Waals surface area contributed by atoms with Gasteiger partial charge in [-0.05, 0) is 128 Å². The first-order chi connectivity index (χ1) is 24.5. The number of carboxylic acids is 2. The van der Waals surface area contributed by atoms with Crippen molar-refractivity contribution >= 4 is 58.3 Å². The van der Waals surface area contributed by atoms with Crippen LogP contribution in [0.3, 0.4) is 0 Å². The van der Waals surface area contributed by atoms with Gasteiger partial charge in [0.2, 0.25) is 0 Å². The minimum Gasteiger partial charge on any atom is -0.481 e. The van der Waals surface area contributed by atoms with Gasteiger partial charge in [-0.1, -0.05) is 57.4 Å². The SMILES string of the molecule is C1=Cc2cc3ccc(cc4nc(cc5ccc(cc1n2)[nH]5)C=C4)[nH]3.CC(C)Cc1ccc(C(C)C(=O)O)cc1.NCC1(CC(=O)O)CCCCC1. The number of rotatable bonds is 7. The predicted molar refractivity (Wildman–Crippen MR) is 207 cm³/mol. The van der Waals surface area contributed by atoms with Crippen LogP contribution in [0.5, 0.6) is 0 Å². The van der Waals surface area contributed by atoms with Crippen molar-refractivity contribution in [2.75, 3.05) is 6.54 Å². The van der Waals surface area contributed by atoms with Gasteiger partial charge in [-0.15, -0.1) is 0 Å². The molecule has 4 aromatic rings. The maximum Gasteiger partial charge on any atom is 0.310 e. The molecule has 0 radical (unpaired) electrons. The molecule has 51 heavy (non-hydrogen) atoms. The molecule has 1 fully saturated rings. The van der Waals surface area contributed by atoms with Gasteiger partial charge in [-0.2, -0.15) is 0 Å². The van der Waals surface area contributed by atoms with Crippen molar-refractivity contribution in [2.24, 2.45) is 17.1 Å². The van der Waals surface area contributed by atoms with Crippen LogP contribution >= 0.6 is 0 Å². The number of nitrogens with zero attached hydrogens (tertiary/aromatic N) is 2. The second-order valence-electron chi connectivity index (χ2n) is 14.1. The minimum absolute atomic E-state index is 0.0793. The molecule has 8 bridgehead atoms. The largest absolute Gasteiger partial charge is 0.481 e. The van der Waals surface area contributed by atoms with Crippen LogP contribution in [0, 0.1) is 11.3 Å². The first-order valence-electron chi connectivity index (χ1n) is 17.8. The van der Waals surface area contributed by atoms with Gasteiger partial charge in [0.25, 0.3) is 0 Å². The first kappa shape index (κ1) is 37.0. The molecule has 2 aliphatic heterocycles. The molecule has 0 amide bonds. The quantitative estimate of drug-likeness (QED) is 0.112. The fourth-order valence-electron chi connectivity index (χ4n) is 6.58. The molecule has 5 heterocycles. The van der Waals surface area contributed by atoms with Crippen molar-refractivity contribution in [1.29, 1.82) is 0 Å². The molecule has 266 valence electrons. The van der Waals surface area contributed by atoms with Crippen LogP contribution in [-0.2, 0) is 16.0 Å². The first-order valence-corrected chi connectivity index (χ1v) is 17.8. The lowest BCUT2D eigenvalue weighted by molar-refractivity contribution is -0.140. The summed E-state index contributed by atoms with van der Waals surface area (Å²) >= 11 is 0. The molecule has 1 atom stereocenters. The zero-order valence-electron chi connectivity index (χ0n) is 29.7. The second-order valence-corrected chi connectivity index (χ2v) is 14.1. The number of hydrogen-bond acceptors (Lipinski definition) is 5. The van der Waals surface area contributed by atoms with Crippen molar-refractivity contribution < 1.29 is 19.8 Å². The van der Waals surface area contributed by atoms with Crippen molar-refractivity contribution in [3.63, 3.8) is 0 Å². The van der Waals surface area contributed by atoms with Crippen LogP contribution < -0.4 is 5.73 Å². The molecule has 3 aliphatic rings. The smallest absolute Gasteiger partial charge is 0.310 e. The van der Waals surface area contributed by atoms with E-state index in [1.807, 2.05) is 72.8 Å². The van der Waals surface area contributed by atoms with Gasteiger partial charge >= 0.3 is 11.9 Å². The summed E-state index contributed by atoms with van der Waals surface area (Å²) in [6, 6.07) is 24.2. The lowest BCUT2D eigenvalue weighted by atomic mass is 9.72. The van der Waals surface area contributed by atoms with Crippen molar-refractivity contribution in [3.05, 3.63) is 107 Å².